The maximum atomic E-state index is 12.5. The molecular formula is C22H30N6O. The van der Waals surface area contributed by atoms with Gasteiger partial charge in [-0.15, -0.1) is 0 Å². The molecule has 0 radical (unpaired) electrons. The van der Waals surface area contributed by atoms with Gasteiger partial charge in [-0.1, -0.05) is 12.8 Å². The first-order valence-corrected chi connectivity index (χ1v) is 10.8. The molecule has 0 atom stereocenters. The smallest absolute Gasteiger partial charge is 0.225 e. The summed E-state index contributed by atoms with van der Waals surface area (Å²) >= 11 is 0. The van der Waals surface area contributed by atoms with Crippen molar-refractivity contribution in [3.8, 4) is 0 Å². The van der Waals surface area contributed by atoms with Crippen LogP contribution in [0.15, 0.2) is 36.9 Å². The monoisotopic (exact) mass is 394 g/mol. The predicted octanol–water partition coefficient (Wildman–Crippen LogP) is 2.78. The minimum atomic E-state index is 0.0744. The van der Waals surface area contributed by atoms with E-state index in [4.69, 9.17) is 0 Å². The molecule has 4 rings (SSSR count). The van der Waals surface area contributed by atoms with Crippen LogP contribution in [0.2, 0.25) is 0 Å². The number of carbonyl (C=O) groups excluding carboxylic acids is 1. The second-order valence-corrected chi connectivity index (χ2v) is 7.98. The van der Waals surface area contributed by atoms with Gasteiger partial charge in [-0.25, -0.2) is 9.97 Å². The Hall–Kier alpha value is -2.70. The van der Waals surface area contributed by atoms with E-state index in [-0.39, 0.29) is 11.8 Å². The van der Waals surface area contributed by atoms with Crippen molar-refractivity contribution in [2.45, 2.75) is 45.1 Å². The number of aromatic nitrogens is 3. The molecule has 2 aromatic heterocycles. The average molecular weight is 395 g/mol. The van der Waals surface area contributed by atoms with Gasteiger partial charge in [-0.2, -0.15) is 0 Å². The van der Waals surface area contributed by atoms with Crippen LogP contribution in [0.25, 0.3) is 0 Å². The van der Waals surface area contributed by atoms with Crippen molar-refractivity contribution in [1.82, 2.24) is 20.3 Å². The SMILES string of the molecule is O=C(NCc1ccncc1)C1CCN(c2cnc(N3CCCCCC3)nc2)CC1. The minimum absolute atomic E-state index is 0.0744. The Labute approximate surface area is 172 Å². The second kappa shape index (κ2) is 9.67. The van der Waals surface area contributed by atoms with E-state index in [1.165, 1.54) is 25.7 Å². The molecule has 2 aromatic rings. The number of hydrogen-bond donors (Lipinski definition) is 1. The van der Waals surface area contributed by atoms with Crippen LogP contribution < -0.4 is 15.1 Å². The van der Waals surface area contributed by atoms with Crippen molar-refractivity contribution in [3.05, 3.63) is 42.5 Å². The summed E-state index contributed by atoms with van der Waals surface area (Å²) in [7, 11) is 0. The first-order chi connectivity index (χ1) is 14.3. The third-order valence-corrected chi connectivity index (χ3v) is 5.96. The quantitative estimate of drug-likeness (QED) is 0.841. The third-order valence-electron chi connectivity index (χ3n) is 5.96. The average Bonchev–Trinajstić information content (AvgIpc) is 3.08. The molecule has 4 heterocycles. The molecule has 2 saturated heterocycles. The van der Waals surface area contributed by atoms with Gasteiger partial charge in [0.05, 0.1) is 18.1 Å². The predicted molar refractivity (Wildman–Crippen MR) is 114 cm³/mol. The van der Waals surface area contributed by atoms with E-state index in [9.17, 15) is 4.79 Å². The Morgan fingerprint density at radius 3 is 2.24 bits per heavy atom. The molecule has 1 amide bonds. The van der Waals surface area contributed by atoms with E-state index < -0.39 is 0 Å². The Bertz CT molecular complexity index is 766. The molecular weight excluding hydrogens is 364 g/mol. The molecule has 1 N–H and O–H groups in total. The zero-order valence-electron chi connectivity index (χ0n) is 17.0. The fraction of sp³-hybridized carbons (Fsp3) is 0.545. The number of hydrogen-bond acceptors (Lipinski definition) is 6. The van der Waals surface area contributed by atoms with Crippen LogP contribution in [-0.4, -0.2) is 47.0 Å². The van der Waals surface area contributed by atoms with Crippen LogP contribution in [0, 0.1) is 5.92 Å². The Morgan fingerprint density at radius 1 is 0.931 bits per heavy atom. The van der Waals surface area contributed by atoms with Crippen LogP contribution in [0.5, 0.6) is 0 Å². The first-order valence-electron chi connectivity index (χ1n) is 10.8. The zero-order valence-corrected chi connectivity index (χ0v) is 17.0. The van der Waals surface area contributed by atoms with Gasteiger partial charge in [0.2, 0.25) is 11.9 Å². The highest BCUT2D eigenvalue weighted by Crippen LogP contribution is 2.24. The lowest BCUT2D eigenvalue weighted by Crippen LogP contribution is -2.40. The van der Waals surface area contributed by atoms with E-state index in [0.717, 1.165) is 56.2 Å². The summed E-state index contributed by atoms with van der Waals surface area (Å²) in [6.45, 7) is 4.39. The van der Waals surface area contributed by atoms with Crippen molar-refractivity contribution in [2.24, 2.45) is 5.92 Å². The molecule has 7 heteroatoms. The highest BCUT2D eigenvalue weighted by atomic mass is 16.1. The molecule has 2 fully saturated rings. The largest absolute Gasteiger partial charge is 0.369 e. The van der Waals surface area contributed by atoms with Gasteiger partial charge < -0.3 is 15.1 Å². The number of nitrogens with one attached hydrogen (secondary N) is 1. The third kappa shape index (κ3) is 5.22. The van der Waals surface area contributed by atoms with Gasteiger partial charge in [0.1, 0.15) is 0 Å². The van der Waals surface area contributed by atoms with Gasteiger partial charge in [-0.05, 0) is 43.4 Å². The number of nitrogens with zero attached hydrogens (tertiary/aromatic N) is 5. The molecule has 154 valence electrons. The first kappa shape index (κ1) is 19.6. The van der Waals surface area contributed by atoms with E-state index in [2.05, 4.69) is 30.1 Å². The standard InChI is InChI=1S/C22H30N6O/c29-21(24-15-18-5-9-23-10-6-18)19-7-13-27(14-8-19)20-16-25-22(26-17-20)28-11-3-1-2-4-12-28/h5-6,9-10,16-17,19H,1-4,7-8,11-15H2,(H,24,29). The highest BCUT2D eigenvalue weighted by Gasteiger charge is 2.25. The zero-order chi connectivity index (χ0) is 19.9. The van der Waals surface area contributed by atoms with Crippen LogP contribution in [-0.2, 0) is 11.3 Å². The fourth-order valence-electron chi connectivity index (χ4n) is 4.15. The summed E-state index contributed by atoms with van der Waals surface area (Å²) in [5.41, 5.74) is 2.13. The van der Waals surface area contributed by atoms with Crippen molar-refractivity contribution in [1.29, 1.82) is 0 Å². The maximum absolute atomic E-state index is 12.5. The lowest BCUT2D eigenvalue weighted by Gasteiger charge is -2.32. The fourth-order valence-corrected chi connectivity index (χ4v) is 4.15. The maximum Gasteiger partial charge on any atom is 0.225 e. The summed E-state index contributed by atoms with van der Waals surface area (Å²) in [5.74, 6) is 1.07. The second-order valence-electron chi connectivity index (χ2n) is 7.98. The molecule has 29 heavy (non-hydrogen) atoms. The van der Waals surface area contributed by atoms with E-state index in [1.54, 1.807) is 12.4 Å². The number of anilines is 2. The molecule has 0 aliphatic carbocycles. The van der Waals surface area contributed by atoms with Gasteiger partial charge in [0.15, 0.2) is 0 Å². The lowest BCUT2D eigenvalue weighted by atomic mass is 9.95. The highest BCUT2D eigenvalue weighted by molar-refractivity contribution is 5.79. The summed E-state index contributed by atoms with van der Waals surface area (Å²) in [5, 5.41) is 3.06. The van der Waals surface area contributed by atoms with E-state index >= 15 is 0 Å². The molecule has 2 aliphatic heterocycles. The summed E-state index contributed by atoms with van der Waals surface area (Å²) in [6.07, 6.45) is 14.2. The summed E-state index contributed by atoms with van der Waals surface area (Å²) in [4.78, 5) is 30.3. The van der Waals surface area contributed by atoms with Crippen molar-refractivity contribution < 1.29 is 4.79 Å². The number of rotatable bonds is 5. The number of piperidine rings is 1. The molecule has 0 spiro atoms. The topological polar surface area (TPSA) is 74.2 Å². The van der Waals surface area contributed by atoms with E-state index in [0.29, 0.717) is 6.54 Å². The van der Waals surface area contributed by atoms with Gasteiger partial charge >= 0.3 is 0 Å². The van der Waals surface area contributed by atoms with Crippen molar-refractivity contribution >= 4 is 17.5 Å². The number of carbonyl (C=O) groups is 1. The summed E-state index contributed by atoms with van der Waals surface area (Å²) in [6, 6.07) is 3.86. The van der Waals surface area contributed by atoms with Crippen molar-refractivity contribution in [2.75, 3.05) is 36.0 Å². The Balaban J connectivity index is 1.26. The van der Waals surface area contributed by atoms with Gasteiger partial charge in [0.25, 0.3) is 0 Å². The van der Waals surface area contributed by atoms with Crippen LogP contribution in [0.4, 0.5) is 11.6 Å². The van der Waals surface area contributed by atoms with Gasteiger partial charge in [-0.3, -0.25) is 9.78 Å². The number of amides is 1. The summed E-state index contributed by atoms with van der Waals surface area (Å²) < 4.78 is 0. The van der Waals surface area contributed by atoms with Crippen LogP contribution in [0.1, 0.15) is 44.1 Å². The minimum Gasteiger partial charge on any atom is -0.369 e. The van der Waals surface area contributed by atoms with Gasteiger partial charge in [0, 0.05) is 51.0 Å². The molecule has 0 aromatic carbocycles. The Morgan fingerprint density at radius 2 is 1.59 bits per heavy atom. The van der Waals surface area contributed by atoms with Crippen molar-refractivity contribution in [3.63, 3.8) is 0 Å². The van der Waals surface area contributed by atoms with Crippen LogP contribution >= 0.6 is 0 Å². The molecule has 0 bridgehead atoms. The lowest BCUT2D eigenvalue weighted by molar-refractivity contribution is -0.125. The van der Waals surface area contributed by atoms with Crippen LogP contribution in [0.3, 0.4) is 0 Å². The number of pyridine rings is 1. The molecule has 0 unspecified atom stereocenters. The normalized spacial score (nSPS) is 18.3. The Kier molecular flexibility index (Phi) is 6.54. The molecule has 7 nitrogen and oxygen atoms in total. The van der Waals surface area contributed by atoms with E-state index in [1.807, 2.05) is 24.5 Å². The molecule has 0 saturated carbocycles. The molecule has 2 aliphatic rings.